The number of amides is 1. The van der Waals surface area contributed by atoms with Crippen LogP contribution in [-0.4, -0.2) is 34.8 Å². The Bertz CT molecular complexity index is 729. The largest absolute Gasteiger partial charge is 0.467 e. The van der Waals surface area contributed by atoms with Crippen LogP contribution in [0.5, 0.6) is 0 Å². The Morgan fingerprint density at radius 3 is 2.83 bits per heavy atom. The average Bonchev–Trinajstić information content (AvgIpc) is 2.93. The summed E-state index contributed by atoms with van der Waals surface area (Å²) in [5.41, 5.74) is 6.50. The summed E-state index contributed by atoms with van der Waals surface area (Å²) >= 11 is 0. The predicted molar refractivity (Wildman–Crippen MR) is 81.0 cm³/mol. The second kappa shape index (κ2) is 6.91. The van der Waals surface area contributed by atoms with Crippen molar-refractivity contribution in [1.82, 2.24) is 15.1 Å². The predicted octanol–water partition coefficient (Wildman–Crippen LogP) is 0.655. The molecule has 8 heteroatoms. The van der Waals surface area contributed by atoms with Gasteiger partial charge in [0.05, 0.1) is 18.9 Å². The van der Waals surface area contributed by atoms with Crippen LogP contribution in [-0.2, 0) is 23.0 Å². The number of nitrogens with two attached hydrogens (primary N) is 1. The number of carbonyl (C=O) groups excluding carboxylic acids is 2. The molecule has 1 atom stereocenters. The van der Waals surface area contributed by atoms with Gasteiger partial charge in [-0.25, -0.2) is 9.18 Å². The molecule has 7 nitrogen and oxygen atoms in total. The van der Waals surface area contributed by atoms with Gasteiger partial charge in [-0.15, -0.1) is 0 Å². The third-order valence-corrected chi connectivity index (χ3v) is 3.25. The van der Waals surface area contributed by atoms with Crippen molar-refractivity contribution >= 4 is 17.6 Å². The van der Waals surface area contributed by atoms with E-state index in [1.165, 1.54) is 13.2 Å². The first-order valence-corrected chi connectivity index (χ1v) is 6.82. The zero-order chi connectivity index (χ0) is 17.0. The smallest absolute Gasteiger partial charge is 0.328 e. The lowest BCUT2D eigenvalue weighted by atomic mass is 10.1. The summed E-state index contributed by atoms with van der Waals surface area (Å²) in [7, 11) is 2.96. The van der Waals surface area contributed by atoms with Crippen molar-refractivity contribution in [3.05, 3.63) is 47.5 Å². The first-order chi connectivity index (χ1) is 10.9. The molecule has 0 aliphatic rings. The lowest BCUT2D eigenvalue weighted by molar-refractivity contribution is -0.142. The molecular formula is C15H17FN4O3. The number of ether oxygens (including phenoxy) is 1. The number of benzene rings is 1. The number of carbonyl (C=O) groups is 2. The standard InChI is InChI=1S/C15H17FN4O3/c1-20-8-9(7-18-20)5-13(15(22)23-2)19-14(21)11-6-10(16)3-4-12(11)17/h3-4,6-8,13H,5,17H2,1-2H3,(H,19,21). The SMILES string of the molecule is COC(=O)C(Cc1cnn(C)c1)NC(=O)c1cc(F)ccc1N. The Hall–Kier alpha value is -2.90. The Labute approximate surface area is 132 Å². The summed E-state index contributed by atoms with van der Waals surface area (Å²) in [5.74, 6) is -1.86. The van der Waals surface area contributed by atoms with Crippen LogP contribution in [0.2, 0.25) is 0 Å². The fourth-order valence-electron chi connectivity index (χ4n) is 2.11. The molecule has 0 spiro atoms. The minimum atomic E-state index is -0.931. The fourth-order valence-corrected chi connectivity index (χ4v) is 2.11. The van der Waals surface area contributed by atoms with E-state index in [4.69, 9.17) is 10.5 Å². The molecule has 1 aromatic carbocycles. The molecule has 1 aromatic heterocycles. The number of nitrogen functional groups attached to an aromatic ring is 1. The van der Waals surface area contributed by atoms with Crippen molar-refractivity contribution < 1.29 is 18.7 Å². The maximum absolute atomic E-state index is 13.3. The molecule has 23 heavy (non-hydrogen) atoms. The third-order valence-electron chi connectivity index (χ3n) is 3.25. The molecule has 2 aromatic rings. The number of hydrogen-bond acceptors (Lipinski definition) is 5. The normalized spacial score (nSPS) is 11.8. The van der Waals surface area contributed by atoms with Gasteiger partial charge < -0.3 is 15.8 Å². The highest BCUT2D eigenvalue weighted by atomic mass is 19.1. The van der Waals surface area contributed by atoms with E-state index >= 15 is 0 Å². The first kappa shape index (κ1) is 16.5. The first-order valence-electron chi connectivity index (χ1n) is 6.82. The summed E-state index contributed by atoms with van der Waals surface area (Å²) < 4.78 is 19.6. The number of nitrogens with zero attached hydrogens (tertiary/aromatic N) is 2. The minimum Gasteiger partial charge on any atom is -0.467 e. The number of rotatable bonds is 5. The fraction of sp³-hybridized carbons (Fsp3) is 0.267. The van der Waals surface area contributed by atoms with Gasteiger partial charge in [0.15, 0.2) is 0 Å². The lowest BCUT2D eigenvalue weighted by Crippen LogP contribution is -2.43. The number of anilines is 1. The van der Waals surface area contributed by atoms with Crippen LogP contribution in [0, 0.1) is 5.82 Å². The van der Waals surface area contributed by atoms with Crippen molar-refractivity contribution in [3.8, 4) is 0 Å². The van der Waals surface area contributed by atoms with Crippen LogP contribution in [0.3, 0.4) is 0 Å². The highest BCUT2D eigenvalue weighted by molar-refractivity contribution is 6.01. The van der Waals surface area contributed by atoms with Crippen molar-refractivity contribution in [2.45, 2.75) is 12.5 Å². The van der Waals surface area contributed by atoms with E-state index in [0.29, 0.717) is 0 Å². The molecule has 0 fully saturated rings. The molecule has 122 valence electrons. The van der Waals surface area contributed by atoms with Gasteiger partial charge in [0.2, 0.25) is 0 Å². The second-order valence-electron chi connectivity index (χ2n) is 5.01. The monoisotopic (exact) mass is 320 g/mol. The summed E-state index contributed by atoms with van der Waals surface area (Å²) in [6.07, 6.45) is 3.50. The lowest BCUT2D eigenvalue weighted by Gasteiger charge is -2.16. The van der Waals surface area contributed by atoms with E-state index in [1.54, 1.807) is 24.1 Å². The zero-order valence-corrected chi connectivity index (χ0v) is 12.7. The average molecular weight is 320 g/mol. The van der Waals surface area contributed by atoms with Gasteiger partial charge in [0.1, 0.15) is 11.9 Å². The van der Waals surface area contributed by atoms with Gasteiger partial charge in [0.25, 0.3) is 5.91 Å². The minimum absolute atomic E-state index is 0.0370. The van der Waals surface area contributed by atoms with Crippen molar-refractivity contribution in [3.63, 3.8) is 0 Å². The number of hydrogen-bond donors (Lipinski definition) is 2. The highest BCUT2D eigenvalue weighted by Crippen LogP contribution is 2.14. The van der Waals surface area contributed by atoms with E-state index in [0.717, 1.165) is 17.7 Å². The molecule has 0 aliphatic heterocycles. The van der Waals surface area contributed by atoms with Crippen LogP contribution in [0.1, 0.15) is 15.9 Å². The molecule has 0 saturated carbocycles. The van der Waals surface area contributed by atoms with Gasteiger partial charge >= 0.3 is 5.97 Å². The topological polar surface area (TPSA) is 99.2 Å². The molecule has 1 amide bonds. The Kier molecular flexibility index (Phi) is 4.95. The number of aryl methyl sites for hydroxylation is 1. The molecule has 0 radical (unpaired) electrons. The van der Waals surface area contributed by atoms with Gasteiger partial charge in [-0.1, -0.05) is 0 Å². The van der Waals surface area contributed by atoms with Gasteiger partial charge in [-0.05, 0) is 23.8 Å². The molecule has 0 aliphatic carbocycles. The van der Waals surface area contributed by atoms with Crippen molar-refractivity contribution in [2.75, 3.05) is 12.8 Å². The van der Waals surface area contributed by atoms with E-state index in [-0.39, 0.29) is 17.7 Å². The maximum Gasteiger partial charge on any atom is 0.328 e. The summed E-state index contributed by atoms with van der Waals surface area (Å²) in [5, 5.41) is 6.51. The van der Waals surface area contributed by atoms with Crippen LogP contribution >= 0.6 is 0 Å². The van der Waals surface area contributed by atoms with Crippen LogP contribution in [0.4, 0.5) is 10.1 Å². The molecular weight excluding hydrogens is 303 g/mol. The summed E-state index contributed by atoms with van der Waals surface area (Å²) in [6.45, 7) is 0. The van der Waals surface area contributed by atoms with Crippen LogP contribution < -0.4 is 11.1 Å². The molecule has 1 heterocycles. The van der Waals surface area contributed by atoms with Crippen LogP contribution in [0.25, 0.3) is 0 Å². The van der Waals surface area contributed by atoms with Gasteiger partial charge in [0, 0.05) is 25.4 Å². The molecule has 0 saturated heterocycles. The van der Waals surface area contributed by atoms with Crippen molar-refractivity contribution in [2.24, 2.45) is 7.05 Å². The number of nitrogens with one attached hydrogen (secondary N) is 1. The summed E-state index contributed by atoms with van der Waals surface area (Å²) in [4.78, 5) is 24.1. The molecule has 1 unspecified atom stereocenters. The quantitative estimate of drug-likeness (QED) is 0.623. The molecule has 2 rings (SSSR count). The number of aromatic nitrogens is 2. The highest BCUT2D eigenvalue weighted by Gasteiger charge is 2.24. The third kappa shape index (κ3) is 4.06. The number of methoxy groups -OCH3 is 1. The van der Waals surface area contributed by atoms with E-state index < -0.39 is 23.7 Å². The van der Waals surface area contributed by atoms with Gasteiger partial charge in [-0.3, -0.25) is 9.48 Å². The van der Waals surface area contributed by atoms with Gasteiger partial charge in [-0.2, -0.15) is 5.10 Å². The number of halogens is 1. The number of esters is 1. The Balaban J connectivity index is 2.18. The zero-order valence-electron chi connectivity index (χ0n) is 12.7. The Morgan fingerprint density at radius 2 is 2.22 bits per heavy atom. The summed E-state index contributed by atoms with van der Waals surface area (Å²) in [6, 6.07) is 2.53. The molecule has 0 bridgehead atoms. The maximum atomic E-state index is 13.3. The van der Waals surface area contributed by atoms with E-state index in [9.17, 15) is 14.0 Å². The van der Waals surface area contributed by atoms with Crippen molar-refractivity contribution in [1.29, 1.82) is 0 Å². The molecule has 3 N–H and O–H groups in total. The second-order valence-corrected chi connectivity index (χ2v) is 5.01. The van der Waals surface area contributed by atoms with Crippen LogP contribution in [0.15, 0.2) is 30.6 Å². The van der Waals surface area contributed by atoms with E-state index in [2.05, 4.69) is 10.4 Å². The Morgan fingerprint density at radius 1 is 1.48 bits per heavy atom. The van der Waals surface area contributed by atoms with E-state index in [1.807, 2.05) is 0 Å².